The molecule has 0 saturated heterocycles. The first-order chi connectivity index (χ1) is 9.24. The average Bonchev–Trinajstić information content (AvgIpc) is 2.45. The maximum Gasteiger partial charge on any atom is 0.0297 e. The Morgan fingerprint density at radius 1 is 0.947 bits per heavy atom. The van der Waals surface area contributed by atoms with Crippen LogP contribution >= 0.6 is 0 Å². The van der Waals surface area contributed by atoms with Crippen LogP contribution in [0.3, 0.4) is 0 Å². The van der Waals surface area contributed by atoms with E-state index in [4.69, 9.17) is 5.73 Å². The fourth-order valence-corrected chi connectivity index (χ4v) is 2.89. The van der Waals surface area contributed by atoms with Crippen LogP contribution in [0, 0.1) is 0 Å². The normalized spacial score (nSPS) is 12.6. The lowest BCUT2D eigenvalue weighted by atomic mass is 9.91. The van der Waals surface area contributed by atoms with Crippen LogP contribution in [0.15, 0.2) is 18.2 Å². The second kappa shape index (κ2) is 9.14. The van der Waals surface area contributed by atoms with E-state index in [-0.39, 0.29) is 6.04 Å². The molecule has 0 amide bonds. The zero-order chi connectivity index (χ0) is 14.1. The number of nitrogens with two attached hydrogens (primary N) is 1. The van der Waals surface area contributed by atoms with Crippen LogP contribution in [0.1, 0.15) is 82.0 Å². The lowest BCUT2D eigenvalue weighted by Gasteiger charge is -2.18. The van der Waals surface area contributed by atoms with Gasteiger partial charge in [0.15, 0.2) is 0 Å². The van der Waals surface area contributed by atoms with Crippen LogP contribution in [0.4, 0.5) is 0 Å². The Labute approximate surface area is 119 Å². The van der Waals surface area contributed by atoms with Crippen molar-refractivity contribution < 1.29 is 0 Å². The first-order valence-electron chi connectivity index (χ1n) is 8.10. The molecule has 1 aromatic carbocycles. The van der Waals surface area contributed by atoms with Crippen LogP contribution in [0.5, 0.6) is 0 Å². The lowest BCUT2D eigenvalue weighted by molar-refractivity contribution is 0.552. The van der Waals surface area contributed by atoms with E-state index in [1.807, 2.05) is 0 Å². The van der Waals surface area contributed by atoms with Crippen molar-refractivity contribution in [3.63, 3.8) is 0 Å². The molecule has 0 saturated carbocycles. The van der Waals surface area contributed by atoms with E-state index in [2.05, 4.69) is 39.0 Å². The summed E-state index contributed by atoms with van der Waals surface area (Å²) in [4.78, 5) is 0. The van der Waals surface area contributed by atoms with Gasteiger partial charge in [0.1, 0.15) is 0 Å². The Bertz CT molecular complexity index is 357. The average molecular weight is 261 g/mol. The number of benzene rings is 1. The second-order valence-electron chi connectivity index (χ2n) is 5.50. The molecular weight excluding hydrogens is 230 g/mol. The molecule has 1 unspecified atom stereocenters. The minimum atomic E-state index is 0.225. The van der Waals surface area contributed by atoms with Gasteiger partial charge >= 0.3 is 0 Å². The van der Waals surface area contributed by atoms with E-state index in [9.17, 15) is 0 Å². The molecule has 1 nitrogen and oxygen atoms in total. The van der Waals surface area contributed by atoms with Gasteiger partial charge < -0.3 is 5.73 Å². The number of rotatable bonds is 9. The molecule has 1 rings (SSSR count). The zero-order valence-electron chi connectivity index (χ0n) is 13.0. The van der Waals surface area contributed by atoms with Crippen molar-refractivity contribution in [1.82, 2.24) is 0 Å². The molecule has 0 bridgehead atoms. The highest BCUT2D eigenvalue weighted by Crippen LogP contribution is 2.25. The highest BCUT2D eigenvalue weighted by molar-refractivity contribution is 5.37. The topological polar surface area (TPSA) is 26.0 Å². The maximum absolute atomic E-state index is 6.41. The van der Waals surface area contributed by atoms with Crippen molar-refractivity contribution in [1.29, 1.82) is 0 Å². The van der Waals surface area contributed by atoms with Gasteiger partial charge in [0.2, 0.25) is 0 Å². The van der Waals surface area contributed by atoms with Gasteiger partial charge in [-0.25, -0.2) is 0 Å². The standard InChI is InChI=1S/C18H31N/c1-4-7-8-9-10-14-18(19)17-13-11-12-15(5-2)16(17)6-3/h11-13,18H,4-10,14,19H2,1-3H3. The van der Waals surface area contributed by atoms with Crippen LogP contribution in [-0.2, 0) is 12.8 Å². The second-order valence-corrected chi connectivity index (χ2v) is 5.50. The molecule has 0 aromatic heterocycles. The number of unbranched alkanes of at least 4 members (excludes halogenated alkanes) is 4. The Balaban J connectivity index is 2.58. The van der Waals surface area contributed by atoms with Crippen molar-refractivity contribution in [2.75, 3.05) is 0 Å². The van der Waals surface area contributed by atoms with Gasteiger partial charge in [0.05, 0.1) is 0 Å². The van der Waals surface area contributed by atoms with E-state index >= 15 is 0 Å². The van der Waals surface area contributed by atoms with E-state index in [1.165, 1.54) is 48.8 Å². The predicted molar refractivity (Wildman–Crippen MR) is 85.5 cm³/mol. The van der Waals surface area contributed by atoms with E-state index < -0.39 is 0 Å². The summed E-state index contributed by atoms with van der Waals surface area (Å²) in [5, 5.41) is 0. The van der Waals surface area contributed by atoms with Crippen LogP contribution < -0.4 is 5.73 Å². The smallest absolute Gasteiger partial charge is 0.0297 e. The predicted octanol–water partition coefficient (Wildman–Crippen LogP) is 5.17. The molecule has 1 aromatic rings. The van der Waals surface area contributed by atoms with Gasteiger partial charge in [-0.3, -0.25) is 0 Å². The number of hydrogen-bond donors (Lipinski definition) is 1. The van der Waals surface area contributed by atoms with E-state index in [0.29, 0.717) is 0 Å². The molecule has 2 N–H and O–H groups in total. The third-order valence-electron chi connectivity index (χ3n) is 4.06. The summed E-state index contributed by atoms with van der Waals surface area (Å²) in [6.45, 7) is 6.73. The number of aryl methyl sites for hydroxylation is 1. The zero-order valence-corrected chi connectivity index (χ0v) is 13.0. The summed E-state index contributed by atoms with van der Waals surface area (Å²) in [7, 11) is 0. The van der Waals surface area contributed by atoms with Gasteiger partial charge in [-0.05, 0) is 36.0 Å². The Hall–Kier alpha value is -0.820. The molecule has 0 fully saturated rings. The first-order valence-corrected chi connectivity index (χ1v) is 8.10. The van der Waals surface area contributed by atoms with Crippen molar-refractivity contribution in [3.05, 3.63) is 34.9 Å². The van der Waals surface area contributed by atoms with Gasteiger partial charge in [-0.2, -0.15) is 0 Å². The third kappa shape index (κ3) is 4.99. The van der Waals surface area contributed by atoms with Gasteiger partial charge in [0, 0.05) is 6.04 Å². The first kappa shape index (κ1) is 16.2. The summed E-state index contributed by atoms with van der Waals surface area (Å²) in [5.41, 5.74) is 10.8. The van der Waals surface area contributed by atoms with Crippen LogP contribution in [-0.4, -0.2) is 0 Å². The molecule has 0 aliphatic heterocycles. The lowest BCUT2D eigenvalue weighted by Crippen LogP contribution is -2.13. The largest absolute Gasteiger partial charge is 0.324 e. The summed E-state index contributed by atoms with van der Waals surface area (Å²) < 4.78 is 0. The van der Waals surface area contributed by atoms with Crippen molar-refractivity contribution in [2.45, 2.75) is 78.2 Å². The molecule has 0 aliphatic carbocycles. The monoisotopic (exact) mass is 261 g/mol. The quantitative estimate of drug-likeness (QED) is 0.610. The van der Waals surface area contributed by atoms with Gasteiger partial charge in [-0.1, -0.05) is 71.1 Å². The van der Waals surface area contributed by atoms with Crippen molar-refractivity contribution in [3.8, 4) is 0 Å². The van der Waals surface area contributed by atoms with Crippen molar-refractivity contribution in [2.24, 2.45) is 5.73 Å². The highest BCUT2D eigenvalue weighted by atomic mass is 14.6. The van der Waals surface area contributed by atoms with E-state index in [1.54, 1.807) is 0 Å². The molecule has 0 spiro atoms. The molecule has 0 radical (unpaired) electrons. The van der Waals surface area contributed by atoms with E-state index in [0.717, 1.165) is 19.3 Å². The van der Waals surface area contributed by atoms with Crippen LogP contribution in [0.25, 0.3) is 0 Å². The molecule has 1 atom stereocenters. The minimum Gasteiger partial charge on any atom is -0.324 e. The summed E-state index contributed by atoms with van der Waals surface area (Å²) >= 11 is 0. The fourth-order valence-electron chi connectivity index (χ4n) is 2.89. The van der Waals surface area contributed by atoms with Gasteiger partial charge in [0.25, 0.3) is 0 Å². The number of hydrogen-bond acceptors (Lipinski definition) is 1. The molecule has 108 valence electrons. The minimum absolute atomic E-state index is 0.225. The maximum atomic E-state index is 6.41. The SMILES string of the molecule is CCCCCCCC(N)c1cccc(CC)c1CC. The van der Waals surface area contributed by atoms with Gasteiger partial charge in [-0.15, -0.1) is 0 Å². The molecule has 0 aliphatic rings. The molecule has 1 heteroatoms. The summed E-state index contributed by atoms with van der Waals surface area (Å²) in [6.07, 6.45) is 9.97. The highest BCUT2D eigenvalue weighted by Gasteiger charge is 2.12. The summed E-state index contributed by atoms with van der Waals surface area (Å²) in [6, 6.07) is 6.87. The Morgan fingerprint density at radius 3 is 2.32 bits per heavy atom. The summed E-state index contributed by atoms with van der Waals surface area (Å²) in [5.74, 6) is 0. The molecular formula is C18H31N. The Kier molecular flexibility index (Phi) is 7.81. The third-order valence-corrected chi connectivity index (χ3v) is 4.06. The van der Waals surface area contributed by atoms with Crippen molar-refractivity contribution >= 4 is 0 Å². The molecule has 19 heavy (non-hydrogen) atoms. The fraction of sp³-hybridized carbons (Fsp3) is 0.667. The Morgan fingerprint density at radius 2 is 1.68 bits per heavy atom. The molecule has 0 heterocycles. The van der Waals surface area contributed by atoms with Crippen LogP contribution in [0.2, 0.25) is 0 Å².